The molecule has 0 saturated carbocycles. The summed E-state index contributed by atoms with van der Waals surface area (Å²) in [5.41, 5.74) is 3.27. The Kier molecular flexibility index (Phi) is 5.23. The van der Waals surface area contributed by atoms with Gasteiger partial charge in [-0.2, -0.15) is 5.10 Å². The summed E-state index contributed by atoms with van der Waals surface area (Å²) in [5.74, 6) is 0.391. The van der Waals surface area contributed by atoms with Gasteiger partial charge >= 0.3 is 6.16 Å². The highest BCUT2D eigenvalue weighted by atomic mass is 16.7. The highest BCUT2D eigenvalue weighted by Crippen LogP contribution is 2.28. The summed E-state index contributed by atoms with van der Waals surface area (Å²) in [7, 11) is 0. The number of aromatic nitrogens is 3. The van der Waals surface area contributed by atoms with Crippen molar-refractivity contribution in [1.29, 1.82) is 0 Å². The average Bonchev–Trinajstić information content (AvgIpc) is 3.05. The molecule has 30 heavy (non-hydrogen) atoms. The van der Waals surface area contributed by atoms with Gasteiger partial charge in [-0.05, 0) is 50.6 Å². The molecule has 0 unspecified atom stereocenters. The number of rotatable bonds is 4. The smallest absolute Gasteiger partial charge is 0.428 e. The van der Waals surface area contributed by atoms with E-state index in [1.54, 1.807) is 45.3 Å². The minimum Gasteiger partial charge on any atom is -0.428 e. The second-order valence-electron chi connectivity index (χ2n) is 7.97. The Labute approximate surface area is 175 Å². The Hall–Kier alpha value is -3.67. The van der Waals surface area contributed by atoms with Crippen molar-refractivity contribution in [1.82, 2.24) is 14.8 Å². The van der Waals surface area contributed by atoms with E-state index < -0.39 is 11.8 Å². The molecule has 0 N–H and O–H groups in total. The maximum atomic E-state index is 12.0. The third-order valence-corrected chi connectivity index (χ3v) is 4.46. The van der Waals surface area contributed by atoms with Crippen LogP contribution in [0.2, 0.25) is 0 Å². The Morgan fingerprint density at radius 3 is 2.43 bits per heavy atom. The van der Waals surface area contributed by atoms with E-state index in [0.29, 0.717) is 12.2 Å². The SMILES string of the molecule is CC(C)(C)OC(=O)Oc1ccc2c(Cc3ccccc3)n(-c3ccncc3)nc2c1. The first-order valence-corrected chi connectivity index (χ1v) is 9.76. The molecule has 0 aliphatic heterocycles. The summed E-state index contributed by atoms with van der Waals surface area (Å²) in [6.07, 6.45) is 3.46. The van der Waals surface area contributed by atoms with Gasteiger partial charge in [-0.15, -0.1) is 0 Å². The topological polar surface area (TPSA) is 66.2 Å². The number of hydrogen-bond donors (Lipinski definition) is 0. The number of pyridine rings is 1. The van der Waals surface area contributed by atoms with Crippen LogP contribution in [0.5, 0.6) is 5.75 Å². The van der Waals surface area contributed by atoms with Crippen molar-refractivity contribution < 1.29 is 14.3 Å². The first-order chi connectivity index (χ1) is 14.4. The lowest BCUT2D eigenvalue weighted by Gasteiger charge is -2.18. The van der Waals surface area contributed by atoms with E-state index in [2.05, 4.69) is 17.1 Å². The molecular formula is C24H23N3O3. The molecule has 0 atom stereocenters. The van der Waals surface area contributed by atoms with Crippen LogP contribution in [0.3, 0.4) is 0 Å². The van der Waals surface area contributed by atoms with E-state index in [-0.39, 0.29) is 0 Å². The van der Waals surface area contributed by atoms with Gasteiger partial charge in [-0.1, -0.05) is 30.3 Å². The van der Waals surface area contributed by atoms with Crippen molar-refractivity contribution in [2.45, 2.75) is 32.8 Å². The van der Waals surface area contributed by atoms with Crippen molar-refractivity contribution in [3.05, 3.63) is 84.3 Å². The summed E-state index contributed by atoms with van der Waals surface area (Å²) in [4.78, 5) is 16.1. The van der Waals surface area contributed by atoms with Crippen LogP contribution in [0.15, 0.2) is 73.1 Å². The molecular weight excluding hydrogens is 378 g/mol. The van der Waals surface area contributed by atoms with Gasteiger partial charge in [0.25, 0.3) is 0 Å². The molecule has 6 nitrogen and oxygen atoms in total. The lowest BCUT2D eigenvalue weighted by molar-refractivity contribution is 0.0206. The third-order valence-electron chi connectivity index (χ3n) is 4.46. The summed E-state index contributed by atoms with van der Waals surface area (Å²) in [6, 6.07) is 19.5. The number of fused-ring (bicyclic) bond motifs is 1. The lowest BCUT2D eigenvalue weighted by Crippen LogP contribution is -2.25. The fourth-order valence-electron chi connectivity index (χ4n) is 3.21. The summed E-state index contributed by atoms with van der Waals surface area (Å²) >= 11 is 0. The van der Waals surface area contributed by atoms with Gasteiger partial charge in [0.2, 0.25) is 0 Å². The van der Waals surface area contributed by atoms with Crippen LogP contribution in [0.25, 0.3) is 16.6 Å². The fourth-order valence-corrected chi connectivity index (χ4v) is 3.21. The van der Waals surface area contributed by atoms with Gasteiger partial charge < -0.3 is 9.47 Å². The molecule has 0 radical (unpaired) electrons. The molecule has 0 aliphatic carbocycles. The minimum atomic E-state index is -0.736. The molecule has 2 aromatic heterocycles. The number of nitrogens with zero attached hydrogens (tertiary/aromatic N) is 3. The predicted octanol–water partition coefficient (Wildman–Crippen LogP) is 5.33. The van der Waals surface area contributed by atoms with E-state index in [1.165, 1.54) is 5.56 Å². The molecule has 0 fully saturated rings. The average molecular weight is 401 g/mol. The molecule has 152 valence electrons. The van der Waals surface area contributed by atoms with Crippen LogP contribution in [-0.2, 0) is 11.2 Å². The standard InChI is InChI=1S/C24H23N3O3/c1-24(2,3)30-23(28)29-19-9-10-20-21(16-19)26-27(18-11-13-25-14-12-18)22(20)15-17-7-5-4-6-8-17/h4-14,16H,15H2,1-3H3. The van der Waals surface area contributed by atoms with Gasteiger partial charge in [0.1, 0.15) is 11.4 Å². The molecule has 0 amide bonds. The molecule has 2 heterocycles. The zero-order chi connectivity index (χ0) is 21.1. The Balaban J connectivity index is 1.73. The van der Waals surface area contributed by atoms with E-state index in [9.17, 15) is 4.79 Å². The van der Waals surface area contributed by atoms with Crippen molar-refractivity contribution >= 4 is 17.1 Å². The zero-order valence-corrected chi connectivity index (χ0v) is 17.2. The molecule has 4 rings (SSSR count). The Bertz CT molecular complexity index is 1160. The van der Waals surface area contributed by atoms with Crippen molar-refractivity contribution in [2.24, 2.45) is 0 Å². The first-order valence-electron chi connectivity index (χ1n) is 9.76. The van der Waals surface area contributed by atoms with Gasteiger partial charge in [0.15, 0.2) is 0 Å². The maximum absolute atomic E-state index is 12.0. The van der Waals surface area contributed by atoms with Crippen molar-refractivity contribution in [3.63, 3.8) is 0 Å². The van der Waals surface area contributed by atoms with Gasteiger partial charge in [0.05, 0.1) is 16.9 Å². The van der Waals surface area contributed by atoms with Crippen molar-refractivity contribution in [3.8, 4) is 11.4 Å². The molecule has 0 saturated heterocycles. The molecule has 0 spiro atoms. The maximum Gasteiger partial charge on any atom is 0.514 e. The minimum absolute atomic E-state index is 0.391. The number of carbonyl (C=O) groups excluding carboxylic acids is 1. The van der Waals surface area contributed by atoms with Gasteiger partial charge in [-0.25, -0.2) is 9.48 Å². The normalized spacial score (nSPS) is 11.4. The van der Waals surface area contributed by atoms with Crippen LogP contribution in [0.1, 0.15) is 32.0 Å². The molecule has 4 aromatic rings. The van der Waals surface area contributed by atoms with E-state index >= 15 is 0 Å². The van der Waals surface area contributed by atoms with Gasteiger partial charge in [0, 0.05) is 30.3 Å². The fraction of sp³-hybridized carbons (Fsp3) is 0.208. The molecule has 2 aromatic carbocycles. The van der Waals surface area contributed by atoms with Crippen molar-refractivity contribution in [2.75, 3.05) is 0 Å². The highest BCUT2D eigenvalue weighted by molar-refractivity contribution is 5.84. The monoisotopic (exact) mass is 401 g/mol. The number of hydrogen-bond acceptors (Lipinski definition) is 5. The number of carbonyl (C=O) groups is 1. The third kappa shape index (κ3) is 4.49. The zero-order valence-electron chi connectivity index (χ0n) is 17.2. The van der Waals surface area contributed by atoms with Crippen LogP contribution >= 0.6 is 0 Å². The molecule has 0 aliphatic rings. The second kappa shape index (κ2) is 7.99. The molecule has 0 bridgehead atoms. The first kappa shape index (κ1) is 19.6. The predicted molar refractivity (Wildman–Crippen MR) is 115 cm³/mol. The van der Waals surface area contributed by atoms with Crippen LogP contribution in [0, 0.1) is 0 Å². The Morgan fingerprint density at radius 1 is 1.00 bits per heavy atom. The van der Waals surface area contributed by atoms with E-state index in [0.717, 1.165) is 22.3 Å². The van der Waals surface area contributed by atoms with Crippen LogP contribution in [-0.4, -0.2) is 26.5 Å². The highest BCUT2D eigenvalue weighted by Gasteiger charge is 2.19. The quantitative estimate of drug-likeness (QED) is 0.342. The summed E-state index contributed by atoms with van der Waals surface area (Å²) in [6.45, 7) is 5.39. The second-order valence-corrected chi connectivity index (χ2v) is 7.97. The summed E-state index contributed by atoms with van der Waals surface area (Å²) in [5, 5.41) is 5.77. The lowest BCUT2D eigenvalue weighted by atomic mass is 10.1. The number of ether oxygens (including phenoxy) is 2. The van der Waals surface area contributed by atoms with Crippen LogP contribution in [0.4, 0.5) is 4.79 Å². The largest absolute Gasteiger partial charge is 0.514 e. The molecule has 6 heteroatoms. The van der Waals surface area contributed by atoms with E-state index in [4.69, 9.17) is 14.6 Å². The Morgan fingerprint density at radius 2 is 1.73 bits per heavy atom. The number of benzene rings is 2. The summed E-state index contributed by atoms with van der Waals surface area (Å²) < 4.78 is 12.5. The van der Waals surface area contributed by atoms with Gasteiger partial charge in [-0.3, -0.25) is 4.98 Å². The van der Waals surface area contributed by atoms with E-state index in [1.807, 2.05) is 41.1 Å². The van der Waals surface area contributed by atoms with Crippen LogP contribution < -0.4 is 4.74 Å².